The highest BCUT2D eigenvalue weighted by Crippen LogP contribution is 2.23. The molecule has 0 N–H and O–H groups in total. The average molecular weight is 353 g/mol. The van der Waals surface area contributed by atoms with Crippen LogP contribution in [0.4, 0.5) is 0 Å². The van der Waals surface area contributed by atoms with Gasteiger partial charge in [-0.05, 0) is 37.5 Å². The van der Waals surface area contributed by atoms with E-state index < -0.39 is 0 Å². The van der Waals surface area contributed by atoms with E-state index in [9.17, 15) is 4.79 Å². The van der Waals surface area contributed by atoms with E-state index in [0.717, 1.165) is 41.0 Å². The molecule has 0 aromatic heterocycles. The van der Waals surface area contributed by atoms with Gasteiger partial charge in [-0.15, -0.1) is 0 Å². The molecule has 1 atom stereocenters. The number of carbonyl (C=O) groups is 1. The van der Waals surface area contributed by atoms with Gasteiger partial charge in [0.25, 0.3) is 0 Å². The molecule has 22 heavy (non-hydrogen) atoms. The first-order valence-corrected chi connectivity index (χ1v) is 9.51. The monoisotopic (exact) mass is 352 g/mol. The lowest BCUT2D eigenvalue weighted by Gasteiger charge is -2.12. The van der Waals surface area contributed by atoms with Gasteiger partial charge in [-0.3, -0.25) is 4.79 Å². The molecule has 0 aliphatic carbocycles. The van der Waals surface area contributed by atoms with Gasteiger partial charge in [-0.1, -0.05) is 68.0 Å². The number of thioether (sulfide) groups is 1. The first kappa shape index (κ1) is 19.5. The normalized spacial score (nSPS) is 13.0. The summed E-state index contributed by atoms with van der Waals surface area (Å²) in [6.07, 6.45) is 5.13. The Kier molecular flexibility index (Phi) is 9.06. The lowest BCUT2D eigenvalue weighted by molar-refractivity contribution is -0.107. The number of hydrogen-bond donors (Lipinski definition) is 1. The zero-order chi connectivity index (χ0) is 16.5. The summed E-state index contributed by atoms with van der Waals surface area (Å²) in [4.78, 5) is 13.1. The van der Waals surface area contributed by atoms with Crippen molar-refractivity contribution in [2.75, 3.05) is 5.75 Å². The van der Waals surface area contributed by atoms with Gasteiger partial charge >= 0.3 is 0 Å². The van der Waals surface area contributed by atoms with E-state index in [2.05, 4.69) is 19.6 Å². The maximum absolute atomic E-state index is 12.3. The predicted molar refractivity (Wildman–Crippen MR) is 106 cm³/mol. The standard InChI is InChI=1S/C18H24OS3/c1-4-5-9-15(12-20)22-18(19)14(3)11-17(21)16-10-7-6-8-13(16)2/h6-8,10-11,15,20H,4-5,9,12H2,1-3H3/b14-11+. The minimum absolute atomic E-state index is 0.103. The number of benzene rings is 1. The van der Waals surface area contributed by atoms with Gasteiger partial charge in [0.15, 0.2) is 0 Å². The third-order valence-corrected chi connectivity index (χ3v) is 5.73. The van der Waals surface area contributed by atoms with Crippen LogP contribution in [0.5, 0.6) is 0 Å². The number of allylic oxidation sites excluding steroid dienone is 1. The molecule has 0 aliphatic rings. The number of thiocarbonyl (C=S) groups is 1. The van der Waals surface area contributed by atoms with Crippen LogP contribution in [-0.2, 0) is 4.79 Å². The second-order valence-electron chi connectivity index (χ2n) is 5.36. The molecule has 0 aliphatic heterocycles. The van der Waals surface area contributed by atoms with Crippen LogP contribution in [0.1, 0.15) is 44.2 Å². The third-order valence-electron chi connectivity index (χ3n) is 3.44. The van der Waals surface area contributed by atoms with E-state index in [1.165, 1.54) is 11.8 Å². The van der Waals surface area contributed by atoms with Gasteiger partial charge in [-0.2, -0.15) is 12.6 Å². The molecule has 1 rings (SSSR count). The molecule has 0 bridgehead atoms. The zero-order valence-corrected chi connectivity index (χ0v) is 16.0. The second-order valence-corrected chi connectivity index (χ2v) is 7.44. The quantitative estimate of drug-likeness (QED) is 0.292. The van der Waals surface area contributed by atoms with Crippen LogP contribution in [-0.4, -0.2) is 21.0 Å². The highest BCUT2D eigenvalue weighted by Gasteiger charge is 2.15. The summed E-state index contributed by atoms with van der Waals surface area (Å²) >= 11 is 11.2. The molecule has 0 heterocycles. The maximum Gasteiger partial charge on any atom is 0.215 e. The summed E-state index contributed by atoms with van der Waals surface area (Å²) in [7, 11) is 0. The average Bonchev–Trinajstić information content (AvgIpc) is 2.51. The van der Waals surface area contributed by atoms with Crippen molar-refractivity contribution in [3.05, 3.63) is 47.0 Å². The minimum Gasteiger partial charge on any atom is -0.282 e. The molecule has 0 radical (unpaired) electrons. The van der Waals surface area contributed by atoms with Gasteiger partial charge < -0.3 is 0 Å². The van der Waals surface area contributed by atoms with Crippen LogP contribution in [0.25, 0.3) is 0 Å². The van der Waals surface area contributed by atoms with Crippen LogP contribution in [0.3, 0.4) is 0 Å². The number of hydrogen-bond acceptors (Lipinski definition) is 4. The summed E-state index contributed by atoms with van der Waals surface area (Å²) < 4.78 is 0. The largest absolute Gasteiger partial charge is 0.282 e. The molecule has 0 amide bonds. The summed E-state index contributed by atoms with van der Waals surface area (Å²) in [6.45, 7) is 6.03. The van der Waals surface area contributed by atoms with Crippen molar-refractivity contribution < 1.29 is 4.79 Å². The van der Waals surface area contributed by atoms with Crippen LogP contribution >= 0.6 is 36.6 Å². The summed E-state index contributed by atoms with van der Waals surface area (Å²) in [5.74, 6) is 0.728. The topological polar surface area (TPSA) is 17.1 Å². The minimum atomic E-state index is 0.103. The smallest absolute Gasteiger partial charge is 0.215 e. The molecule has 0 saturated heterocycles. The Balaban J connectivity index is 2.73. The highest BCUT2D eigenvalue weighted by atomic mass is 32.2. The number of unbranched alkanes of at least 4 members (excludes halogenated alkanes) is 1. The van der Waals surface area contributed by atoms with Crippen molar-refractivity contribution >= 4 is 46.6 Å². The Morgan fingerprint density at radius 3 is 2.68 bits per heavy atom. The van der Waals surface area contributed by atoms with E-state index in [1.807, 2.05) is 44.2 Å². The molecular weight excluding hydrogens is 328 g/mol. The fourth-order valence-corrected chi connectivity index (χ4v) is 3.76. The lowest BCUT2D eigenvalue weighted by Crippen LogP contribution is -2.10. The van der Waals surface area contributed by atoms with Gasteiger partial charge in [0.1, 0.15) is 0 Å². The van der Waals surface area contributed by atoms with Crippen LogP contribution in [0, 0.1) is 6.92 Å². The fraction of sp³-hybridized carbons (Fsp3) is 0.444. The van der Waals surface area contributed by atoms with E-state index >= 15 is 0 Å². The number of aryl methyl sites for hydroxylation is 1. The molecular formula is C18H24OS3. The Hall–Kier alpha value is -0.580. The fourth-order valence-electron chi connectivity index (χ4n) is 2.05. The van der Waals surface area contributed by atoms with Crippen molar-refractivity contribution in [2.45, 2.75) is 45.3 Å². The van der Waals surface area contributed by atoms with Crippen LogP contribution in [0.2, 0.25) is 0 Å². The summed E-state index contributed by atoms with van der Waals surface area (Å²) in [5, 5.41) is 0.386. The third kappa shape index (κ3) is 6.27. The van der Waals surface area contributed by atoms with Crippen molar-refractivity contribution in [2.24, 2.45) is 0 Å². The van der Waals surface area contributed by atoms with Gasteiger partial charge in [-0.25, -0.2) is 0 Å². The Labute approximate surface area is 149 Å². The second kappa shape index (κ2) is 10.2. The summed E-state index contributed by atoms with van der Waals surface area (Å²) in [5.41, 5.74) is 2.86. The van der Waals surface area contributed by atoms with Gasteiger partial charge in [0, 0.05) is 21.4 Å². The lowest BCUT2D eigenvalue weighted by atomic mass is 10.0. The number of thiol groups is 1. The molecule has 1 aromatic carbocycles. The van der Waals surface area contributed by atoms with Crippen molar-refractivity contribution in [1.29, 1.82) is 0 Å². The number of rotatable bonds is 8. The van der Waals surface area contributed by atoms with Gasteiger partial charge in [0.2, 0.25) is 5.12 Å². The van der Waals surface area contributed by atoms with E-state index in [1.54, 1.807) is 0 Å². The maximum atomic E-state index is 12.3. The first-order valence-electron chi connectivity index (χ1n) is 7.59. The summed E-state index contributed by atoms with van der Waals surface area (Å²) in [6, 6.07) is 7.99. The molecule has 1 nitrogen and oxygen atoms in total. The highest BCUT2D eigenvalue weighted by molar-refractivity contribution is 8.15. The molecule has 4 heteroatoms. The predicted octanol–water partition coefficient (Wildman–Crippen LogP) is 5.41. The molecule has 0 saturated carbocycles. The van der Waals surface area contributed by atoms with Crippen LogP contribution in [0.15, 0.2) is 35.9 Å². The van der Waals surface area contributed by atoms with E-state index in [4.69, 9.17) is 12.2 Å². The Morgan fingerprint density at radius 2 is 2.09 bits per heavy atom. The number of carbonyl (C=O) groups excluding carboxylic acids is 1. The Bertz CT molecular complexity index is 549. The molecule has 0 spiro atoms. The molecule has 1 aromatic rings. The SMILES string of the molecule is CCCCC(CS)SC(=O)/C(C)=C/C(=S)c1ccccc1C. The van der Waals surface area contributed by atoms with Crippen molar-refractivity contribution in [1.82, 2.24) is 0 Å². The van der Waals surface area contributed by atoms with Gasteiger partial charge in [0.05, 0.1) is 0 Å². The van der Waals surface area contributed by atoms with Crippen molar-refractivity contribution in [3.8, 4) is 0 Å². The zero-order valence-electron chi connectivity index (χ0n) is 13.5. The first-order chi connectivity index (χ1) is 10.5. The molecule has 1 unspecified atom stereocenters. The molecule has 120 valence electrons. The van der Waals surface area contributed by atoms with E-state index in [-0.39, 0.29) is 10.4 Å². The Morgan fingerprint density at radius 1 is 1.41 bits per heavy atom. The van der Waals surface area contributed by atoms with Crippen molar-refractivity contribution in [3.63, 3.8) is 0 Å². The van der Waals surface area contributed by atoms with Crippen LogP contribution < -0.4 is 0 Å². The molecule has 0 fully saturated rings. The van der Waals surface area contributed by atoms with E-state index in [0.29, 0.717) is 5.57 Å².